The van der Waals surface area contributed by atoms with Gasteiger partial charge in [-0.3, -0.25) is 4.79 Å². The minimum Gasteiger partial charge on any atom is -0.492 e. The van der Waals surface area contributed by atoms with Crippen LogP contribution in [0.1, 0.15) is 21.7 Å². The molecule has 0 aliphatic carbocycles. The van der Waals surface area contributed by atoms with Crippen molar-refractivity contribution >= 4 is 16.9 Å². The Kier molecular flexibility index (Phi) is 5.56. The second-order valence-corrected chi connectivity index (χ2v) is 6.88. The minimum absolute atomic E-state index is 0.107. The third kappa shape index (κ3) is 4.46. The zero-order valence-electron chi connectivity index (χ0n) is 16.3. The first-order valence-corrected chi connectivity index (χ1v) is 9.67. The lowest BCUT2D eigenvalue weighted by atomic mass is 10.1. The maximum absolute atomic E-state index is 12.5. The van der Waals surface area contributed by atoms with E-state index >= 15 is 0 Å². The van der Waals surface area contributed by atoms with Crippen LogP contribution in [0.15, 0.2) is 78.9 Å². The molecule has 0 saturated heterocycles. The van der Waals surface area contributed by atoms with E-state index in [4.69, 9.17) is 9.72 Å². The summed E-state index contributed by atoms with van der Waals surface area (Å²) in [4.78, 5) is 17.2. The van der Waals surface area contributed by atoms with Crippen LogP contribution in [-0.2, 0) is 13.1 Å². The molecule has 0 aliphatic heterocycles. The lowest BCUT2D eigenvalue weighted by Crippen LogP contribution is -2.25. The fourth-order valence-electron chi connectivity index (χ4n) is 3.25. The summed E-state index contributed by atoms with van der Waals surface area (Å²) in [5.41, 5.74) is 3.71. The number of ether oxygens (including phenoxy) is 1. The molecule has 0 atom stereocenters. The smallest absolute Gasteiger partial charge is 0.251 e. The predicted octanol–water partition coefficient (Wildman–Crippen LogP) is 4.35. The standard InChI is InChI=1S/C24H23N3O2/c1-18-11-13-19(14-12-18)24(28)25-17-23-26-21-9-5-6-10-22(21)27(23)15-16-29-20-7-3-2-4-8-20/h2-14H,15-17H2,1H3,(H,25,28). The summed E-state index contributed by atoms with van der Waals surface area (Å²) in [6, 6.07) is 25.3. The highest BCUT2D eigenvalue weighted by Gasteiger charge is 2.12. The van der Waals surface area contributed by atoms with E-state index in [2.05, 4.69) is 9.88 Å². The Labute approximate surface area is 170 Å². The van der Waals surface area contributed by atoms with Gasteiger partial charge < -0.3 is 14.6 Å². The number of carbonyl (C=O) groups is 1. The molecule has 4 rings (SSSR count). The van der Waals surface area contributed by atoms with E-state index in [9.17, 15) is 4.79 Å². The lowest BCUT2D eigenvalue weighted by Gasteiger charge is -2.11. The molecule has 5 nitrogen and oxygen atoms in total. The molecule has 0 bridgehead atoms. The Morgan fingerprint density at radius 2 is 1.69 bits per heavy atom. The number of carbonyl (C=O) groups excluding carboxylic acids is 1. The number of para-hydroxylation sites is 3. The SMILES string of the molecule is Cc1ccc(C(=O)NCc2nc3ccccc3n2CCOc2ccccc2)cc1. The molecule has 0 spiro atoms. The third-order valence-corrected chi connectivity index (χ3v) is 4.78. The third-order valence-electron chi connectivity index (χ3n) is 4.78. The van der Waals surface area contributed by atoms with E-state index in [1.54, 1.807) is 0 Å². The number of hydrogen-bond acceptors (Lipinski definition) is 3. The number of nitrogens with one attached hydrogen (secondary N) is 1. The summed E-state index contributed by atoms with van der Waals surface area (Å²) in [6.45, 7) is 3.52. The molecule has 3 aromatic carbocycles. The molecule has 29 heavy (non-hydrogen) atoms. The van der Waals surface area contributed by atoms with Crippen LogP contribution in [0.4, 0.5) is 0 Å². The van der Waals surface area contributed by atoms with Gasteiger partial charge in [0.05, 0.1) is 24.1 Å². The van der Waals surface area contributed by atoms with E-state index in [1.165, 1.54) is 0 Å². The summed E-state index contributed by atoms with van der Waals surface area (Å²) < 4.78 is 7.96. The Morgan fingerprint density at radius 3 is 2.48 bits per heavy atom. The minimum atomic E-state index is -0.107. The second-order valence-electron chi connectivity index (χ2n) is 6.88. The number of rotatable bonds is 7. The molecule has 0 saturated carbocycles. The van der Waals surface area contributed by atoms with Crippen LogP contribution in [0.2, 0.25) is 0 Å². The van der Waals surface area contributed by atoms with Crippen molar-refractivity contribution in [2.45, 2.75) is 20.0 Å². The van der Waals surface area contributed by atoms with Gasteiger partial charge in [-0.05, 0) is 43.3 Å². The molecule has 0 fully saturated rings. The molecule has 4 aromatic rings. The Hall–Kier alpha value is -3.60. The number of aryl methyl sites for hydroxylation is 1. The van der Waals surface area contributed by atoms with Crippen molar-refractivity contribution in [3.05, 3.63) is 95.8 Å². The normalized spacial score (nSPS) is 10.8. The quantitative estimate of drug-likeness (QED) is 0.514. The largest absolute Gasteiger partial charge is 0.492 e. The van der Waals surface area contributed by atoms with Gasteiger partial charge in [-0.2, -0.15) is 0 Å². The van der Waals surface area contributed by atoms with E-state index in [0.717, 1.165) is 28.2 Å². The van der Waals surface area contributed by atoms with Crippen molar-refractivity contribution in [2.75, 3.05) is 6.61 Å². The molecule has 0 aliphatic rings. The van der Waals surface area contributed by atoms with Gasteiger partial charge in [0.15, 0.2) is 0 Å². The van der Waals surface area contributed by atoms with Gasteiger partial charge in [0.2, 0.25) is 0 Å². The number of amides is 1. The Bertz CT molecular complexity index is 1100. The van der Waals surface area contributed by atoms with Gasteiger partial charge in [0.1, 0.15) is 18.2 Å². The number of hydrogen-bond donors (Lipinski definition) is 1. The summed E-state index contributed by atoms with van der Waals surface area (Å²) >= 11 is 0. The number of benzene rings is 3. The summed E-state index contributed by atoms with van der Waals surface area (Å²) in [5.74, 6) is 1.54. The highest BCUT2D eigenvalue weighted by atomic mass is 16.5. The molecule has 0 unspecified atom stereocenters. The van der Waals surface area contributed by atoms with Crippen LogP contribution in [0.3, 0.4) is 0 Å². The number of aromatic nitrogens is 2. The zero-order chi connectivity index (χ0) is 20.1. The average molecular weight is 385 g/mol. The molecule has 1 heterocycles. The van der Waals surface area contributed by atoms with E-state index in [0.29, 0.717) is 25.3 Å². The fourth-order valence-corrected chi connectivity index (χ4v) is 3.25. The van der Waals surface area contributed by atoms with E-state index in [1.807, 2.05) is 85.8 Å². The van der Waals surface area contributed by atoms with Gasteiger partial charge in [-0.1, -0.05) is 48.0 Å². The first-order valence-electron chi connectivity index (χ1n) is 9.67. The molecule has 146 valence electrons. The van der Waals surface area contributed by atoms with E-state index in [-0.39, 0.29) is 5.91 Å². The number of nitrogens with zero attached hydrogens (tertiary/aromatic N) is 2. The molecule has 0 radical (unpaired) electrons. The number of fused-ring (bicyclic) bond motifs is 1. The fraction of sp³-hybridized carbons (Fsp3) is 0.167. The van der Waals surface area contributed by atoms with Crippen LogP contribution in [0, 0.1) is 6.92 Å². The highest BCUT2D eigenvalue weighted by molar-refractivity contribution is 5.94. The van der Waals surface area contributed by atoms with Crippen LogP contribution in [0.5, 0.6) is 5.75 Å². The molecular formula is C24H23N3O2. The van der Waals surface area contributed by atoms with Crippen molar-refractivity contribution in [2.24, 2.45) is 0 Å². The monoisotopic (exact) mass is 385 g/mol. The van der Waals surface area contributed by atoms with Gasteiger partial charge in [-0.25, -0.2) is 4.98 Å². The van der Waals surface area contributed by atoms with Crippen LogP contribution >= 0.6 is 0 Å². The van der Waals surface area contributed by atoms with Crippen LogP contribution in [-0.4, -0.2) is 22.1 Å². The van der Waals surface area contributed by atoms with Crippen molar-refractivity contribution in [1.29, 1.82) is 0 Å². The Balaban J connectivity index is 1.48. The molecule has 5 heteroatoms. The van der Waals surface area contributed by atoms with Crippen molar-refractivity contribution in [1.82, 2.24) is 14.9 Å². The van der Waals surface area contributed by atoms with Crippen molar-refractivity contribution in [3.63, 3.8) is 0 Å². The highest BCUT2D eigenvalue weighted by Crippen LogP contribution is 2.17. The average Bonchev–Trinajstić information content (AvgIpc) is 3.11. The maximum atomic E-state index is 12.5. The van der Waals surface area contributed by atoms with E-state index < -0.39 is 0 Å². The first kappa shape index (κ1) is 18.7. The van der Waals surface area contributed by atoms with Crippen molar-refractivity contribution in [3.8, 4) is 5.75 Å². The molecule has 1 amide bonds. The van der Waals surface area contributed by atoms with Gasteiger partial charge in [-0.15, -0.1) is 0 Å². The molecule has 1 N–H and O–H groups in total. The van der Waals surface area contributed by atoms with Crippen LogP contribution < -0.4 is 10.1 Å². The zero-order valence-corrected chi connectivity index (χ0v) is 16.3. The van der Waals surface area contributed by atoms with Gasteiger partial charge >= 0.3 is 0 Å². The topological polar surface area (TPSA) is 56.2 Å². The van der Waals surface area contributed by atoms with Crippen molar-refractivity contribution < 1.29 is 9.53 Å². The molecule has 1 aromatic heterocycles. The second kappa shape index (κ2) is 8.61. The number of imidazole rings is 1. The summed E-state index contributed by atoms with van der Waals surface area (Å²) in [5, 5.41) is 2.98. The lowest BCUT2D eigenvalue weighted by molar-refractivity contribution is 0.0949. The van der Waals surface area contributed by atoms with Gasteiger partial charge in [0.25, 0.3) is 5.91 Å². The molecular weight excluding hydrogens is 362 g/mol. The van der Waals surface area contributed by atoms with Gasteiger partial charge in [0, 0.05) is 5.56 Å². The summed E-state index contributed by atoms with van der Waals surface area (Å²) in [7, 11) is 0. The predicted molar refractivity (Wildman–Crippen MR) is 114 cm³/mol. The van der Waals surface area contributed by atoms with Crippen LogP contribution in [0.25, 0.3) is 11.0 Å². The Morgan fingerprint density at radius 1 is 0.966 bits per heavy atom. The maximum Gasteiger partial charge on any atom is 0.251 e. The summed E-state index contributed by atoms with van der Waals surface area (Å²) in [6.07, 6.45) is 0. The first-order chi connectivity index (χ1) is 14.2.